The average Bonchev–Trinajstić information content (AvgIpc) is 2.95. The fourth-order valence-corrected chi connectivity index (χ4v) is 3.69. The number of nitrogens with zero attached hydrogens (tertiary/aromatic N) is 2. The van der Waals surface area contributed by atoms with Crippen molar-refractivity contribution in [1.29, 1.82) is 0 Å². The Morgan fingerprint density at radius 2 is 2.24 bits per heavy atom. The first-order valence-electron chi connectivity index (χ1n) is 6.94. The third kappa shape index (κ3) is 2.76. The third-order valence-corrected chi connectivity index (χ3v) is 5.07. The Bertz CT molecular complexity index is 592. The molecule has 3 rings (SSSR count). The maximum atomic E-state index is 12.8. The van der Waals surface area contributed by atoms with Crippen molar-refractivity contribution in [3.05, 3.63) is 37.4 Å². The second-order valence-corrected chi connectivity index (χ2v) is 6.49. The summed E-state index contributed by atoms with van der Waals surface area (Å²) in [5, 5.41) is 10.9. The number of hydrogen-bond acceptors (Lipinski definition) is 4. The van der Waals surface area contributed by atoms with E-state index in [1.165, 1.54) is 12.1 Å². The van der Waals surface area contributed by atoms with Crippen LogP contribution in [-0.4, -0.2) is 41.0 Å². The standard InChI is InChI=1S/C14H15IN2O4/c15-11-5-4-9(17(19)20)8-10(11)14(18)16-6-7-21-13-3-1-2-12(13)16/h4-5,8,12-13H,1-3,6-7H2. The summed E-state index contributed by atoms with van der Waals surface area (Å²) in [6, 6.07) is 4.54. The van der Waals surface area contributed by atoms with Crippen molar-refractivity contribution in [3.8, 4) is 0 Å². The van der Waals surface area contributed by atoms with E-state index >= 15 is 0 Å². The van der Waals surface area contributed by atoms with Gasteiger partial charge >= 0.3 is 0 Å². The van der Waals surface area contributed by atoms with E-state index in [1.54, 1.807) is 6.07 Å². The van der Waals surface area contributed by atoms with E-state index in [4.69, 9.17) is 4.74 Å². The molecule has 2 aliphatic rings. The minimum absolute atomic E-state index is 0.0463. The van der Waals surface area contributed by atoms with E-state index in [1.807, 2.05) is 4.90 Å². The van der Waals surface area contributed by atoms with Crippen LogP contribution in [0, 0.1) is 13.7 Å². The number of nitro groups is 1. The van der Waals surface area contributed by atoms with Gasteiger partial charge < -0.3 is 9.64 Å². The molecule has 7 heteroatoms. The molecule has 1 aromatic rings. The molecule has 6 nitrogen and oxygen atoms in total. The topological polar surface area (TPSA) is 72.7 Å². The number of rotatable bonds is 2. The van der Waals surface area contributed by atoms with Crippen LogP contribution in [0.4, 0.5) is 5.69 Å². The molecular weight excluding hydrogens is 387 g/mol. The number of carbonyl (C=O) groups is 1. The number of morpholine rings is 1. The SMILES string of the molecule is O=C(c1cc([N+](=O)[O-])ccc1I)N1CCOC2CCCC21. The maximum Gasteiger partial charge on any atom is 0.270 e. The largest absolute Gasteiger partial charge is 0.374 e. The van der Waals surface area contributed by atoms with Crippen LogP contribution < -0.4 is 0 Å². The summed E-state index contributed by atoms with van der Waals surface area (Å²) in [6.45, 7) is 1.09. The molecule has 0 radical (unpaired) electrons. The zero-order chi connectivity index (χ0) is 15.0. The number of carbonyl (C=O) groups excluding carboxylic acids is 1. The van der Waals surface area contributed by atoms with Crippen molar-refractivity contribution < 1.29 is 14.5 Å². The molecule has 0 N–H and O–H groups in total. The number of ether oxygens (including phenoxy) is 1. The molecule has 1 saturated heterocycles. The molecule has 0 aromatic heterocycles. The first kappa shape index (κ1) is 14.7. The van der Waals surface area contributed by atoms with Crippen LogP contribution >= 0.6 is 22.6 Å². The predicted octanol–water partition coefficient (Wildman–Crippen LogP) is 2.59. The molecule has 2 unspecified atom stereocenters. The Kier molecular flexibility index (Phi) is 4.12. The Morgan fingerprint density at radius 3 is 3.00 bits per heavy atom. The Hall–Kier alpha value is -1.22. The summed E-state index contributed by atoms with van der Waals surface area (Å²) in [7, 11) is 0. The lowest BCUT2D eigenvalue weighted by Crippen LogP contribution is -2.51. The van der Waals surface area contributed by atoms with Crippen molar-refractivity contribution in [2.24, 2.45) is 0 Å². The van der Waals surface area contributed by atoms with Crippen molar-refractivity contribution in [1.82, 2.24) is 4.90 Å². The van der Waals surface area contributed by atoms with E-state index in [0.29, 0.717) is 18.7 Å². The molecule has 1 aliphatic heterocycles. The average molecular weight is 402 g/mol. The van der Waals surface area contributed by atoms with Gasteiger partial charge in [-0.05, 0) is 47.9 Å². The summed E-state index contributed by atoms with van der Waals surface area (Å²) in [4.78, 5) is 25.1. The van der Waals surface area contributed by atoms with Gasteiger partial charge in [-0.2, -0.15) is 0 Å². The van der Waals surface area contributed by atoms with Gasteiger partial charge in [0.25, 0.3) is 11.6 Å². The van der Waals surface area contributed by atoms with Crippen molar-refractivity contribution in [2.75, 3.05) is 13.2 Å². The van der Waals surface area contributed by atoms with Crippen LogP contribution in [0.5, 0.6) is 0 Å². The fourth-order valence-electron chi connectivity index (χ4n) is 3.12. The van der Waals surface area contributed by atoms with Gasteiger partial charge in [-0.25, -0.2) is 0 Å². The smallest absolute Gasteiger partial charge is 0.270 e. The molecule has 0 bridgehead atoms. The lowest BCUT2D eigenvalue weighted by atomic mass is 10.1. The summed E-state index contributed by atoms with van der Waals surface area (Å²) in [6.07, 6.45) is 3.12. The fraction of sp³-hybridized carbons (Fsp3) is 0.500. The zero-order valence-corrected chi connectivity index (χ0v) is 13.5. The number of amides is 1. The second-order valence-electron chi connectivity index (χ2n) is 5.33. The number of non-ortho nitro benzene ring substituents is 1. The highest BCUT2D eigenvalue weighted by Gasteiger charge is 2.39. The predicted molar refractivity (Wildman–Crippen MR) is 84.2 cm³/mol. The minimum Gasteiger partial charge on any atom is -0.374 e. The van der Waals surface area contributed by atoms with Crippen LogP contribution in [0.1, 0.15) is 29.6 Å². The minimum atomic E-state index is -0.468. The number of hydrogen-bond donors (Lipinski definition) is 0. The van der Waals surface area contributed by atoms with Crippen molar-refractivity contribution in [3.63, 3.8) is 0 Å². The first-order chi connectivity index (χ1) is 10.1. The van der Waals surface area contributed by atoms with Crippen LogP contribution in [0.25, 0.3) is 0 Å². The van der Waals surface area contributed by atoms with E-state index in [-0.39, 0.29) is 23.7 Å². The normalized spacial score (nSPS) is 24.7. The zero-order valence-electron chi connectivity index (χ0n) is 11.3. The van der Waals surface area contributed by atoms with Crippen molar-refractivity contribution in [2.45, 2.75) is 31.4 Å². The Labute approximate surface area is 135 Å². The molecule has 1 heterocycles. The van der Waals surface area contributed by atoms with E-state index in [2.05, 4.69) is 22.6 Å². The van der Waals surface area contributed by atoms with Gasteiger partial charge in [0, 0.05) is 22.2 Å². The van der Waals surface area contributed by atoms with Gasteiger partial charge in [-0.3, -0.25) is 14.9 Å². The van der Waals surface area contributed by atoms with Crippen LogP contribution in [0.2, 0.25) is 0 Å². The first-order valence-corrected chi connectivity index (χ1v) is 8.02. The quantitative estimate of drug-likeness (QED) is 0.433. The summed E-state index contributed by atoms with van der Waals surface area (Å²) >= 11 is 2.05. The molecule has 1 aromatic carbocycles. The molecule has 1 amide bonds. The number of nitro benzene ring substituents is 1. The molecule has 112 valence electrons. The maximum absolute atomic E-state index is 12.8. The van der Waals surface area contributed by atoms with Crippen LogP contribution in [0.3, 0.4) is 0 Å². The van der Waals surface area contributed by atoms with Gasteiger partial charge in [0.1, 0.15) is 0 Å². The highest BCUT2D eigenvalue weighted by Crippen LogP contribution is 2.31. The molecular formula is C14H15IN2O4. The number of halogens is 1. The van der Waals surface area contributed by atoms with Gasteiger partial charge in [0.15, 0.2) is 0 Å². The van der Waals surface area contributed by atoms with Crippen molar-refractivity contribution >= 4 is 34.2 Å². The monoisotopic (exact) mass is 402 g/mol. The Morgan fingerprint density at radius 1 is 1.43 bits per heavy atom. The molecule has 2 atom stereocenters. The molecule has 0 spiro atoms. The lowest BCUT2D eigenvalue weighted by Gasteiger charge is -2.37. The molecule has 1 saturated carbocycles. The highest BCUT2D eigenvalue weighted by atomic mass is 127. The summed E-state index contributed by atoms with van der Waals surface area (Å²) < 4.78 is 6.45. The van der Waals surface area contributed by atoms with E-state index < -0.39 is 4.92 Å². The van der Waals surface area contributed by atoms with Gasteiger partial charge in [0.05, 0.1) is 29.2 Å². The number of fused-ring (bicyclic) bond motifs is 1. The Balaban J connectivity index is 1.90. The van der Waals surface area contributed by atoms with E-state index in [9.17, 15) is 14.9 Å². The third-order valence-electron chi connectivity index (χ3n) is 4.13. The highest BCUT2D eigenvalue weighted by molar-refractivity contribution is 14.1. The molecule has 2 fully saturated rings. The van der Waals surface area contributed by atoms with Gasteiger partial charge in [0.2, 0.25) is 0 Å². The molecule has 1 aliphatic carbocycles. The van der Waals surface area contributed by atoms with Crippen LogP contribution in [-0.2, 0) is 4.74 Å². The number of benzene rings is 1. The van der Waals surface area contributed by atoms with E-state index in [0.717, 1.165) is 22.8 Å². The lowest BCUT2D eigenvalue weighted by molar-refractivity contribution is -0.384. The van der Waals surface area contributed by atoms with Gasteiger partial charge in [-0.15, -0.1) is 0 Å². The summed E-state index contributed by atoms with van der Waals surface area (Å²) in [5.74, 6) is -0.122. The molecule has 21 heavy (non-hydrogen) atoms. The van der Waals surface area contributed by atoms with Gasteiger partial charge in [-0.1, -0.05) is 0 Å². The summed E-state index contributed by atoms with van der Waals surface area (Å²) in [5.41, 5.74) is 0.368. The second kappa shape index (κ2) is 5.88. The van der Waals surface area contributed by atoms with Crippen LogP contribution in [0.15, 0.2) is 18.2 Å².